The Kier molecular flexibility index (Phi) is 2.82. The molecule has 1 amide bonds. The van der Waals surface area contributed by atoms with Crippen LogP contribution in [0.25, 0.3) is 0 Å². The van der Waals surface area contributed by atoms with E-state index in [0.29, 0.717) is 0 Å². The lowest BCUT2D eigenvalue weighted by Crippen LogP contribution is -2.14. The molecule has 17 heavy (non-hydrogen) atoms. The molecule has 88 valence electrons. The number of carbonyl (C=O) groups excluding carboxylic acids is 1. The van der Waals surface area contributed by atoms with E-state index in [-0.39, 0.29) is 5.69 Å². The number of hydrogen-bond acceptors (Lipinski definition) is 2. The van der Waals surface area contributed by atoms with E-state index in [9.17, 15) is 18.0 Å². The minimum Gasteiger partial charge on any atom is -0.318 e. The molecule has 0 spiro atoms. The molecule has 4 nitrogen and oxygen atoms in total. The van der Waals surface area contributed by atoms with E-state index in [1.54, 1.807) is 0 Å². The normalized spacial score (nSPS) is 10.3. The van der Waals surface area contributed by atoms with Gasteiger partial charge in [-0.3, -0.25) is 9.89 Å². The molecule has 0 saturated carbocycles. The Morgan fingerprint density at radius 1 is 1.18 bits per heavy atom. The molecule has 0 bridgehead atoms. The highest BCUT2D eigenvalue weighted by molar-refractivity contribution is 6.02. The molecule has 0 aliphatic carbocycles. The van der Waals surface area contributed by atoms with Crippen molar-refractivity contribution in [1.29, 1.82) is 0 Å². The summed E-state index contributed by atoms with van der Waals surface area (Å²) in [5.41, 5.74) is -0.439. The number of rotatable bonds is 2. The highest BCUT2D eigenvalue weighted by atomic mass is 19.2. The third kappa shape index (κ3) is 2.12. The molecule has 2 N–H and O–H groups in total. The summed E-state index contributed by atoms with van der Waals surface area (Å²) in [4.78, 5) is 11.4. The van der Waals surface area contributed by atoms with E-state index in [2.05, 4.69) is 15.5 Å². The number of hydrogen-bond donors (Lipinski definition) is 2. The first kappa shape index (κ1) is 11.2. The van der Waals surface area contributed by atoms with E-state index < -0.39 is 29.0 Å². The summed E-state index contributed by atoms with van der Waals surface area (Å²) in [6.07, 6.45) is 1.40. The van der Waals surface area contributed by atoms with Gasteiger partial charge in [0.2, 0.25) is 0 Å². The third-order valence-electron chi connectivity index (χ3n) is 2.02. The standard InChI is InChI=1S/C10H6F3N3O/c11-5-1-2-6(9(13)8(5)12)15-10(17)7-3-4-14-16-7/h1-4H,(H,14,16)(H,15,17). The molecule has 7 heteroatoms. The first-order valence-corrected chi connectivity index (χ1v) is 4.54. The van der Waals surface area contributed by atoms with Gasteiger partial charge in [-0.15, -0.1) is 0 Å². The van der Waals surface area contributed by atoms with Gasteiger partial charge in [0.05, 0.1) is 5.69 Å². The van der Waals surface area contributed by atoms with Crippen LogP contribution in [0.5, 0.6) is 0 Å². The predicted molar refractivity (Wildman–Crippen MR) is 52.9 cm³/mol. The van der Waals surface area contributed by atoms with Crippen LogP contribution in [0.2, 0.25) is 0 Å². The maximum atomic E-state index is 13.2. The number of aromatic amines is 1. The zero-order chi connectivity index (χ0) is 12.4. The van der Waals surface area contributed by atoms with E-state index in [4.69, 9.17) is 0 Å². The topological polar surface area (TPSA) is 57.8 Å². The first-order chi connectivity index (χ1) is 8.09. The summed E-state index contributed by atoms with van der Waals surface area (Å²) < 4.78 is 38.7. The van der Waals surface area contributed by atoms with Crippen LogP contribution in [0.3, 0.4) is 0 Å². The molecule has 1 aromatic heterocycles. The van der Waals surface area contributed by atoms with Crippen molar-refractivity contribution in [2.24, 2.45) is 0 Å². The molecule has 0 unspecified atom stereocenters. The van der Waals surface area contributed by atoms with Crippen molar-refractivity contribution in [1.82, 2.24) is 10.2 Å². The van der Waals surface area contributed by atoms with Gasteiger partial charge in [-0.25, -0.2) is 13.2 Å². The Bertz CT molecular complexity index is 554. The average Bonchev–Trinajstić information content (AvgIpc) is 2.83. The Morgan fingerprint density at radius 2 is 1.94 bits per heavy atom. The first-order valence-electron chi connectivity index (χ1n) is 4.54. The second-order valence-electron chi connectivity index (χ2n) is 3.14. The van der Waals surface area contributed by atoms with Gasteiger partial charge in [0.25, 0.3) is 5.91 Å². The van der Waals surface area contributed by atoms with Crippen LogP contribution in [0.1, 0.15) is 10.5 Å². The number of amides is 1. The zero-order valence-corrected chi connectivity index (χ0v) is 8.30. The minimum atomic E-state index is -1.63. The molecule has 0 fully saturated rings. The van der Waals surface area contributed by atoms with E-state index in [1.807, 2.05) is 0 Å². The van der Waals surface area contributed by atoms with Gasteiger partial charge < -0.3 is 5.32 Å². The van der Waals surface area contributed by atoms with E-state index in [1.165, 1.54) is 12.3 Å². The number of anilines is 1. The SMILES string of the molecule is O=C(Nc1ccc(F)c(F)c1F)c1cc[nH]n1. The largest absolute Gasteiger partial charge is 0.318 e. The number of halogens is 3. The lowest BCUT2D eigenvalue weighted by molar-refractivity contribution is 0.102. The smallest absolute Gasteiger partial charge is 0.276 e. The van der Waals surface area contributed by atoms with E-state index >= 15 is 0 Å². The molecular formula is C10H6F3N3O. The minimum absolute atomic E-state index is 0.00846. The van der Waals surface area contributed by atoms with Crippen molar-refractivity contribution in [3.05, 3.63) is 47.5 Å². The van der Waals surface area contributed by atoms with Crippen LogP contribution in [-0.2, 0) is 0 Å². The number of benzene rings is 1. The van der Waals surface area contributed by atoms with Crippen LogP contribution >= 0.6 is 0 Å². The van der Waals surface area contributed by atoms with Gasteiger partial charge in [-0.05, 0) is 18.2 Å². The zero-order valence-electron chi connectivity index (χ0n) is 8.30. The summed E-state index contributed by atoms with van der Waals surface area (Å²) in [5.74, 6) is -5.13. The average molecular weight is 241 g/mol. The quantitative estimate of drug-likeness (QED) is 0.791. The number of nitrogens with zero attached hydrogens (tertiary/aromatic N) is 1. The van der Waals surface area contributed by atoms with Crippen molar-refractivity contribution in [3.8, 4) is 0 Å². The third-order valence-corrected chi connectivity index (χ3v) is 2.02. The van der Waals surface area contributed by atoms with Crippen molar-refractivity contribution < 1.29 is 18.0 Å². The predicted octanol–water partition coefficient (Wildman–Crippen LogP) is 2.08. The molecule has 1 aromatic carbocycles. The second-order valence-corrected chi connectivity index (χ2v) is 3.14. The van der Waals surface area contributed by atoms with Gasteiger partial charge in [-0.1, -0.05) is 0 Å². The Morgan fingerprint density at radius 3 is 2.59 bits per heavy atom. The van der Waals surface area contributed by atoms with Gasteiger partial charge in [0.1, 0.15) is 5.69 Å². The Balaban J connectivity index is 2.25. The van der Waals surface area contributed by atoms with Crippen LogP contribution in [-0.4, -0.2) is 16.1 Å². The number of aromatic nitrogens is 2. The molecule has 1 heterocycles. The van der Waals surface area contributed by atoms with E-state index in [0.717, 1.165) is 12.1 Å². The number of H-pyrrole nitrogens is 1. The number of nitrogens with one attached hydrogen (secondary N) is 2. The second kappa shape index (κ2) is 4.28. The Hall–Kier alpha value is -2.31. The van der Waals surface area contributed by atoms with Gasteiger partial charge in [-0.2, -0.15) is 5.10 Å². The van der Waals surface area contributed by atoms with Crippen LogP contribution in [0.4, 0.5) is 18.9 Å². The van der Waals surface area contributed by atoms with Crippen molar-refractivity contribution in [3.63, 3.8) is 0 Å². The summed E-state index contributed by atoms with van der Waals surface area (Å²) in [7, 11) is 0. The van der Waals surface area contributed by atoms with Gasteiger partial charge >= 0.3 is 0 Å². The molecule has 2 rings (SSSR count). The molecule has 0 atom stereocenters. The van der Waals surface area contributed by atoms with Crippen molar-refractivity contribution in [2.45, 2.75) is 0 Å². The molecular weight excluding hydrogens is 235 g/mol. The summed E-state index contributed by atoms with van der Waals surface area (Å²) >= 11 is 0. The number of carbonyl (C=O) groups is 1. The van der Waals surface area contributed by atoms with Crippen molar-refractivity contribution >= 4 is 11.6 Å². The monoisotopic (exact) mass is 241 g/mol. The molecule has 0 aliphatic heterocycles. The summed E-state index contributed by atoms with van der Waals surface area (Å²) in [6.45, 7) is 0. The lowest BCUT2D eigenvalue weighted by atomic mass is 10.2. The highest BCUT2D eigenvalue weighted by Gasteiger charge is 2.16. The maximum Gasteiger partial charge on any atom is 0.276 e. The van der Waals surface area contributed by atoms with Crippen molar-refractivity contribution in [2.75, 3.05) is 5.32 Å². The fraction of sp³-hybridized carbons (Fsp3) is 0. The molecule has 0 aliphatic rings. The molecule has 0 saturated heterocycles. The van der Waals surface area contributed by atoms with Crippen LogP contribution < -0.4 is 5.32 Å². The van der Waals surface area contributed by atoms with Crippen LogP contribution in [0.15, 0.2) is 24.4 Å². The lowest BCUT2D eigenvalue weighted by Gasteiger charge is -2.05. The summed E-state index contributed by atoms with van der Waals surface area (Å²) in [6, 6.07) is 3.00. The molecule has 0 radical (unpaired) electrons. The fourth-order valence-corrected chi connectivity index (χ4v) is 1.20. The highest BCUT2D eigenvalue weighted by Crippen LogP contribution is 2.19. The van der Waals surface area contributed by atoms with Gasteiger partial charge in [0, 0.05) is 6.20 Å². The fourth-order valence-electron chi connectivity index (χ4n) is 1.20. The van der Waals surface area contributed by atoms with Gasteiger partial charge in [0.15, 0.2) is 17.5 Å². The molecule has 2 aromatic rings. The Labute approximate surface area is 93.5 Å². The maximum absolute atomic E-state index is 13.2. The summed E-state index contributed by atoms with van der Waals surface area (Å²) in [5, 5.41) is 8.03. The van der Waals surface area contributed by atoms with Crippen LogP contribution in [0, 0.1) is 17.5 Å².